The fourth-order valence-corrected chi connectivity index (χ4v) is 2.97. The van der Waals surface area contributed by atoms with Gasteiger partial charge in [-0.15, -0.1) is 0 Å². The van der Waals surface area contributed by atoms with Crippen molar-refractivity contribution in [1.82, 2.24) is 5.32 Å². The van der Waals surface area contributed by atoms with Crippen LogP contribution >= 0.6 is 0 Å². The minimum absolute atomic E-state index is 0.496. The Hall–Kier alpha value is -1.06. The average Bonchev–Trinajstić information content (AvgIpc) is 3.05. The van der Waals surface area contributed by atoms with Crippen molar-refractivity contribution in [2.24, 2.45) is 5.92 Å². The molecule has 0 spiro atoms. The quantitative estimate of drug-likeness (QED) is 0.885. The largest absolute Gasteiger partial charge is 0.497 e. The van der Waals surface area contributed by atoms with E-state index in [2.05, 4.69) is 23.5 Å². The molecule has 0 aromatic heterocycles. The van der Waals surface area contributed by atoms with Crippen molar-refractivity contribution in [1.29, 1.82) is 0 Å². The molecule has 98 valence electrons. The predicted octanol–water partition coefficient (Wildman–Crippen LogP) is 2.31. The maximum atomic E-state index is 5.42. The van der Waals surface area contributed by atoms with Crippen LogP contribution in [0.3, 0.4) is 0 Å². The molecule has 1 aromatic rings. The summed E-state index contributed by atoms with van der Waals surface area (Å²) in [5.74, 6) is 1.66. The number of benzene rings is 1. The highest BCUT2D eigenvalue weighted by Crippen LogP contribution is 2.33. The number of methoxy groups -OCH3 is 1. The Labute approximate surface area is 108 Å². The minimum Gasteiger partial charge on any atom is -0.497 e. The molecule has 3 rings (SSSR count). The molecule has 3 heteroatoms. The first-order chi connectivity index (χ1) is 8.86. The molecule has 1 saturated heterocycles. The summed E-state index contributed by atoms with van der Waals surface area (Å²) in [5.41, 5.74) is 2.89. The normalized spacial score (nSPS) is 26.3. The number of hydrogen-bond acceptors (Lipinski definition) is 3. The minimum atomic E-state index is 0.496. The van der Waals surface area contributed by atoms with E-state index in [4.69, 9.17) is 9.47 Å². The zero-order valence-corrected chi connectivity index (χ0v) is 10.9. The molecule has 2 aliphatic rings. The molecule has 0 amide bonds. The second-order valence-electron chi connectivity index (χ2n) is 5.29. The van der Waals surface area contributed by atoms with Crippen LogP contribution in [0.5, 0.6) is 5.75 Å². The fraction of sp³-hybridized carbons (Fsp3) is 0.600. The van der Waals surface area contributed by atoms with Crippen LogP contribution < -0.4 is 10.1 Å². The summed E-state index contributed by atoms with van der Waals surface area (Å²) in [6.07, 6.45) is 3.58. The topological polar surface area (TPSA) is 30.5 Å². The molecule has 3 nitrogen and oxygen atoms in total. The summed E-state index contributed by atoms with van der Waals surface area (Å²) in [4.78, 5) is 0. The Kier molecular flexibility index (Phi) is 3.52. The summed E-state index contributed by atoms with van der Waals surface area (Å²) >= 11 is 0. The van der Waals surface area contributed by atoms with E-state index in [-0.39, 0.29) is 0 Å². The molecule has 1 N–H and O–H groups in total. The molecule has 18 heavy (non-hydrogen) atoms. The first-order valence-corrected chi connectivity index (χ1v) is 6.85. The molecule has 1 aliphatic heterocycles. The van der Waals surface area contributed by atoms with Gasteiger partial charge in [-0.1, -0.05) is 6.07 Å². The SMILES string of the molecule is COc1ccc2c(c1)C(NCC1CCOC1)CC2. The van der Waals surface area contributed by atoms with E-state index >= 15 is 0 Å². The van der Waals surface area contributed by atoms with Crippen molar-refractivity contribution in [3.63, 3.8) is 0 Å². The fourth-order valence-electron chi connectivity index (χ4n) is 2.97. The zero-order chi connectivity index (χ0) is 12.4. The molecule has 2 atom stereocenters. The second-order valence-corrected chi connectivity index (χ2v) is 5.29. The first-order valence-electron chi connectivity index (χ1n) is 6.85. The molecule has 2 unspecified atom stereocenters. The van der Waals surface area contributed by atoms with Crippen LogP contribution in [0.1, 0.15) is 30.0 Å². The summed E-state index contributed by atoms with van der Waals surface area (Å²) in [7, 11) is 1.73. The van der Waals surface area contributed by atoms with E-state index in [0.29, 0.717) is 12.0 Å². The highest BCUT2D eigenvalue weighted by Gasteiger charge is 2.24. The summed E-state index contributed by atoms with van der Waals surface area (Å²) in [6.45, 7) is 2.92. The van der Waals surface area contributed by atoms with Crippen LogP contribution in [0.25, 0.3) is 0 Å². The first kappa shape index (κ1) is 12.0. The number of ether oxygens (including phenoxy) is 2. The van der Waals surface area contributed by atoms with Crippen molar-refractivity contribution in [2.45, 2.75) is 25.3 Å². The number of nitrogens with one attached hydrogen (secondary N) is 1. The van der Waals surface area contributed by atoms with Gasteiger partial charge in [0.25, 0.3) is 0 Å². The van der Waals surface area contributed by atoms with Crippen LogP contribution in [0, 0.1) is 5.92 Å². The highest BCUT2D eigenvalue weighted by molar-refractivity contribution is 5.40. The summed E-state index contributed by atoms with van der Waals surface area (Å²) in [5, 5.41) is 3.70. The number of fused-ring (bicyclic) bond motifs is 1. The Balaban J connectivity index is 1.65. The molecular weight excluding hydrogens is 226 g/mol. The summed E-state index contributed by atoms with van der Waals surface area (Å²) < 4.78 is 10.7. The van der Waals surface area contributed by atoms with Gasteiger partial charge < -0.3 is 14.8 Å². The number of hydrogen-bond donors (Lipinski definition) is 1. The summed E-state index contributed by atoms with van der Waals surface area (Å²) in [6, 6.07) is 6.95. The zero-order valence-electron chi connectivity index (χ0n) is 10.9. The Morgan fingerprint density at radius 1 is 1.39 bits per heavy atom. The lowest BCUT2D eigenvalue weighted by Crippen LogP contribution is -2.26. The number of aryl methyl sites for hydroxylation is 1. The second kappa shape index (κ2) is 5.29. The molecule has 0 bridgehead atoms. The van der Waals surface area contributed by atoms with Crippen molar-refractivity contribution >= 4 is 0 Å². The Morgan fingerprint density at radius 3 is 3.11 bits per heavy atom. The third-order valence-electron chi connectivity index (χ3n) is 4.11. The molecule has 1 aliphatic carbocycles. The molecular formula is C15H21NO2. The van der Waals surface area contributed by atoms with Crippen molar-refractivity contribution < 1.29 is 9.47 Å². The Bertz CT molecular complexity index is 413. The predicted molar refractivity (Wildman–Crippen MR) is 71.0 cm³/mol. The van der Waals surface area contributed by atoms with E-state index in [9.17, 15) is 0 Å². The van der Waals surface area contributed by atoms with Crippen LogP contribution in [0.4, 0.5) is 0 Å². The molecule has 0 saturated carbocycles. The van der Waals surface area contributed by atoms with Crippen LogP contribution in [0.15, 0.2) is 18.2 Å². The monoisotopic (exact) mass is 247 g/mol. The van der Waals surface area contributed by atoms with E-state index in [1.807, 2.05) is 0 Å². The Morgan fingerprint density at radius 2 is 2.33 bits per heavy atom. The van der Waals surface area contributed by atoms with Gasteiger partial charge in [-0.2, -0.15) is 0 Å². The van der Waals surface area contributed by atoms with E-state index in [0.717, 1.165) is 25.5 Å². The van der Waals surface area contributed by atoms with Gasteiger partial charge in [0, 0.05) is 19.2 Å². The standard InChI is InChI=1S/C15H21NO2/c1-17-13-4-2-12-3-5-15(14(12)8-13)16-9-11-6-7-18-10-11/h2,4,8,11,15-16H,3,5-7,9-10H2,1H3. The lowest BCUT2D eigenvalue weighted by atomic mass is 10.1. The van der Waals surface area contributed by atoms with Crippen molar-refractivity contribution in [3.05, 3.63) is 29.3 Å². The lowest BCUT2D eigenvalue weighted by Gasteiger charge is -2.17. The van der Waals surface area contributed by atoms with Gasteiger partial charge in [-0.3, -0.25) is 0 Å². The van der Waals surface area contributed by atoms with Crippen LogP contribution in [0.2, 0.25) is 0 Å². The third kappa shape index (κ3) is 2.38. The molecule has 1 fully saturated rings. The molecule has 0 radical (unpaired) electrons. The van der Waals surface area contributed by atoms with Crippen molar-refractivity contribution in [3.8, 4) is 5.75 Å². The molecule has 1 heterocycles. The van der Waals surface area contributed by atoms with E-state index in [1.54, 1.807) is 7.11 Å². The smallest absolute Gasteiger partial charge is 0.119 e. The van der Waals surface area contributed by atoms with Gasteiger partial charge in [0.1, 0.15) is 5.75 Å². The van der Waals surface area contributed by atoms with Crippen LogP contribution in [-0.4, -0.2) is 26.9 Å². The van der Waals surface area contributed by atoms with Gasteiger partial charge in [-0.25, -0.2) is 0 Å². The van der Waals surface area contributed by atoms with Gasteiger partial charge in [0.2, 0.25) is 0 Å². The average molecular weight is 247 g/mol. The van der Waals surface area contributed by atoms with Gasteiger partial charge >= 0.3 is 0 Å². The van der Waals surface area contributed by atoms with E-state index in [1.165, 1.54) is 30.4 Å². The van der Waals surface area contributed by atoms with Crippen molar-refractivity contribution in [2.75, 3.05) is 26.9 Å². The lowest BCUT2D eigenvalue weighted by molar-refractivity contribution is 0.184. The highest BCUT2D eigenvalue weighted by atomic mass is 16.5. The molecule has 1 aromatic carbocycles. The maximum absolute atomic E-state index is 5.42. The maximum Gasteiger partial charge on any atom is 0.119 e. The van der Waals surface area contributed by atoms with Gasteiger partial charge in [0.15, 0.2) is 0 Å². The van der Waals surface area contributed by atoms with Gasteiger partial charge in [0.05, 0.1) is 13.7 Å². The van der Waals surface area contributed by atoms with Gasteiger partial charge in [-0.05, 0) is 48.4 Å². The van der Waals surface area contributed by atoms with E-state index < -0.39 is 0 Å². The number of rotatable bonds is 4. The third-order valence-corrected chi connectivity index (χ3v) is 4.11. The van der Waals surface area contributed by atoms with Crippen LogP contribution in [-0.2, 0) is 11.2 Å².